The summed E-state index contributed by atoms with van der Waals surface area (Å²) in [4.78, 5) is 3.56. The molecule has 0 amide bonds. The highest BCUT2D eigenvalue weighted by molar-refractivity contribution is 5.84. The molecular weight excluding hydrogens is 248 g/mol. The number of rotatable bonds is 5. The Morgan fingerprint density at radius 1 is 1.40 bits per heavy atom. The lowest BCUT2D eigenvalue weighted by atomic mass is 9.91. The van der Waals surface area contributed by atoms with E-state index < -0.39 is 0 Å². The molecule has 2 aromatic rings. The number of aryl methyl sites for hydroxylation is 1. The molecule has 3 nitrogen and oxygen atoms in total. The second kappa shape index (κ2) is 5.98. The van der Waals surface area contributed by atoms with Gasteiger partial charge in [-0.3, -0.25) is 0 Å². The summed E-state index contributed by atoms with van der Waals surface area (Å²) in [6.07, 6.45) is 4.34. The molecule has 3 rings (SSSR count). The van der Waals surface area contributed by atoms with E-state index >= 15 is 0 Å². The molecule has 2 unspecified atom stereocenters. The monoisotopic (exact) mass is 272 g/mol. The predicted octanol–water partition coefficient (Wildman–Crippen LogP) is 2.63. The highest BCUT2D eigenvalue weighted by Gasteiger charge is 2.22. The minimum absolute atomic E-state index is 0.292. The summed E-state index contributed by atoms with van der Waals surface area (Å²) in [5.41, 5.74) is 4.19. The van der Waals surface area contributed by atoms with Gasteiger partial charge in [0, 0.05) is 29.2 Å². The highest BCUT2D eigenvalue weighted by atomic mass is 16.3. The van der Waals surface area contributed by atoms with Gasteiger partial charge in [0.1, 0.15) is 0 Å². The average molecular weight is 272 g/mol. The summed E-state index contributed by atoms with van der Waals surface area (Å²) >= 11 is 0. The van der Waals surface area contributed by atoms with Crippen molar-refractivity contribution in [1.82, 2.24) is 10.3 Å². The number of aliphatic hydroxyl groups excluding tert-OH is 1. The third-order valence-corrected chi connectivity index (χ3v) is 4.47. The van der Waals surface area contributed by atoms with Crippen molar-refractivity contribution in [2.75, 3.05) is 13.2 Å². The molecule has 3 heteroatoms. The maximum atomic E-state index is 8.96. The molecule has 1 heterocycles. The Bertz CT molecular complexity index is 575. The van der Waals surface area contributed by atoms with Crippen LogP contribution in [0.1, 0.15) is 31.0 Å². The molecular formula is C17H24N2O. The number of para-hydroxylation sites is 1. The minimum atomic E-state index is 0.292. The molecule has 1 aromatic heterocycles. The zero-order chi connectivity index (χ0) is 13.9. The molecule has 0 saturated heterocycles. The summed E-state index contributed by atoms with van der Waals surface area (Å²) < 4.78 is 0. The van der Waals surface area contributed by atoms with E-state index in [1.807, 2.05) is 0 Å². The molecule has 1 aromatic carbocycles. The van der Waals surface area contributed by atoms with Crippen LogP contribution in [0.15, 0.2) is 24.3 Å². The van der Waals surface area contributed by atoms with E-state index in [4.69, 9.17) is 5.11 Å². The largest absolute Gasteiger partial charge is 0.396 e. The number of aromatic nitrogens is 1. The van der Waals surface area contributed by atoms with Crippen molar-refractivity contribution in [2.45, 2.75) is 38.6 Å². The lowest BCUT2D eigenvalue weighted by Gasteiger charge is -2.25. The summed E-state index contributed by atoms with van der Waals surface area (Å²) in [5, 5.41) is 14.0. The normalized spacial score (nSPS) is 20.0. The van der Waals surface area contributed by atoms with Crippen molar-refractivity contribution in [1.29, 1.82) is 0 Å². The minimum Gasteiger partial charge on any atom is -0.396 e. The number of fused-ring (bicyclic) bond motifs is 3. The standard InChI is InChI=1S/C17H24N2O/c1-12(8-9-20)11-18-13-6-7-17-15(10-13)14-4-2-3-5-16(14)19-17/h2-5,12-13,18-20H,6-11H2,1H3. The van der Waals surface area contributed by atoms with Crippen LogP contribution in [0.2, 0.25) is 0 Å². The van der Waals surface area contributed by atoms with Crippen molar-refractivity contribution in [3.8, 4) is 0 Å². The number of H-pyrrole nitrogens is 1. The van der Waals surface area contributed by atoms with Crippen LogP contribution in [0, 0.1) is 5.92 Å². The Labute approximate surface area is 120 Å². The molecule has 0 saturated carbocycles. The SMILES string of the molecule is CC(CCO)CNC1CCc2[nH]c3ccccc3c2C1. The Morgan fingerprint density at radius 3 is 3.10 bits per heavy atom. The first kappa shape index (κ1) is 13.7. The van der Waals surface area contributed by atoms with Crippen LogP contribution in [-0.2, 0) is 12.8 Å². The van der Waals surface area contributed by atoms with Gasteiger partial charge in [0.2, 0.25) is 0 Å². The second-order valence-corrected chi connectivity index (χ2v) is 6.09. The molecule has 1 aliphatic rings. The van der Waals surface area contributed by atoms with Gasteiger partial charge in [-0.05, 0) is 49.8 Å². The topological polar surface area (TPSA) is 48.0 Å². The van der Waals surface area contributed by atoms with Crippen molar-refractivity contribution in [2.24, 2.45) is 5.92 Å². The molecule has 3 N–H and O–H groups in total. The Kier molecular flexibility index (Phi) is 4.08. The van der Waals surface area contributed by atoms with E-state index in [2.05, 4.69) is 41.5 Å². The summed E-state index contributed by atoms with van der Waals surface area (Å²) in [6.45, 7) is 3.49. The van der Waals surface area contributed by atoms with E-state index in [-0.39, 0.29) is 0 Å². The van der Waals surface area contributed by atoms with Gasteiger partial charge in [0.25, 0.3) is 0 Å². The van der Waals surface area contributed by atoms with Gasteiger partial charge in [0.05, 0.1) is 0 Å². The number of nitrogens with one attached hydrogen (secondary N) is 2. The summed E-state index contributed by atoms with van der Waals surface area (Å²) in [5.74, 6) is 0.546. The van der Waals surface area contributed by atoms with Crippen LogP contribution >= 0.6 is 0 Å². The van der Waals surface area contributed by atoms with Crippen molar-refractivity contribution in [3.63, 3.8) is 0 Å². The first-order chi connectivity index (χ1) is 9.78. The Balaban J connectivity index is 1.68. The zero-order valence-corrected chi connectivity index (χ0v) is 12.2. The third-order valence-electron chi connectivity index (χ3n) is 4.47. The van der Waals surface area contributed by atoms with E-state index in [0.29, 0.717) is 18.6 Å². The number of hydrogen-bond donors (Lipinski definition) is 3. The molecule has 2 atom stereocenters. The highest BCUT2D eigenvalue weighted by Crippen LogP contribution is 2.29. The summed E-state index contributed by atoms with van der Waals surface area (Å²) in [7, 11) is 0. The van der Waals surface area contributed by atoms with Crippen molar-refractivity contribution in [3.05, 3.63) is 35.5 Å². The lowest BCUT2D eigenvalue weighted by Crippen LogP contribution is -2.37. The fourth-order valence-electron chi connectivity index (χ4n) is 3.23. The van der Waals surface area contributed by atoms with Crippen LogP contribution in [-0.4, -0.2) is 29.3 Å². The smallest absolute Gasteiger partial charge is 0.0458 e. The zero-order valence-electron chi connectivity index (χ0n) is 12.2. The van der Waals surface area contributed by atoms with Crippen LogP contribution in [0.4, 0.5) is 0 Å². The fraction of sp³-hybridized carbons (Fsp3) is 0.529. The molecule has 20 heavy (non-hydrogen) atoms. The van der Waals surface area contributed by atoms with Crippen LogP contribution in [0.25, 0.3) is 10.9 Å². The van der Waals surface area contributed by atoms with Crippen molar-refractivity contribution >= 4 is 10.9 Å². The van der Waals surface area contributed by atoms with E-state index in [1.54, 1.807) is 0 Å². The molecule has 0 radical (unpaired) electrons. The molecule has 0 fully saturated rings. The van der Waals surface area contributed by atoms with Gasteiger partial charge >= 0.3 is 0 Å². The third kappa shape index (κ3) is 2.74. The second-order valence-electron chi connectivity index (χ2n) is 6.09. The molecule has 0 aliphatic heterocycles. The number of aliphatic hydroxyl groups is 1. The number of benzene rings is 1. The van der Waals surface area contributed by atoms with Gasteiger partial charge in [-0.1, -0.05) is 25.1 Å². The average Bonchev–Trinajstić information content (AvgIpc) is 2.83. The number of hydrogen-bond acceptors (Lipinski definition) is 2. The Morgan fingerprint density at radius 2 is 2.25 bits per heavy atom. The quantitative estimate of drug-likeness (QED) is 0.783. The van der Waals surface area contributed by atoms with E-state index in [9.17, 15) is 0 Å². The van der Waals surface area contributed by atoms with Gasteiger partial charge in [-0.2, -0.15) is 0 Å². The summed E-state index contributed by atoms with van der Waals surface area (Å²) in [6, 6.07) is 9.18. The molecule has 108 valence electrons. The van der Waals surface area contributed by atoms with Gasteiger partial charge in [-0.25, -0.2) is 0 Å². The van der Waals surface area contributed by atoms with E-state index in [0.717, 1.165) is 25.8 Å². The van der Waals surface area contributed by atoms with Gasteiger partial charge in [0.15, 0.2) is 0 Å². The van der Waals surface area contributed by atoms with Crippen LogP contribution in [0.3, 0.4) is 0 Å². The maximum Gasteiger partial charge on any atom is 0.0458 e. The number of aromatic amines is 1. The Hall–Kier alpha value is -1.32. The van der Waals surface area contributed by atoms with Gasteiger partial charge < -0.3 is 15.4 Å². The van der Waals surface area contributed by atoms with Crippen LogP contribution < -0.4 is 5.32 Å². The lowest BCUT2D eigenvalue weighted by molar-refractivity contribution is 0.256. The van der Waals surface area contributed by atoms with Crippen LogP contribution in [0.5, 0.6) is 0 Å². The van der Waals surface area contributed by atoms with Gasteiger partial charge in [-0.15, -0.1) is 0 Å². The predicted molar refractivity (Wildman–Crippen MR) is 83.0 cm³/mol. The first-order valence-electron chi connectivity index (χ1n) is 7.70. The first-order valence-corrected chi connectivity index (χ1v) is 7.70. The molecule has 0 spiro atoms. The maximum absolute atomic E-state index is 8.96. The van der Waals surface area contributed by atoms with Crippen molar-refractivity contribution < 1.29 is 5.11 Å². The van der Waals surface area contributed by atoms with E-state index in [1.165, 1.54) is 28.6 Å². The fourth-order valence-corrected chi connectivity index (χ4v) is 3.23. The molecule has 0 bridgehead atoms. The molecule has 1 aliphatic carbocycles.